The summed E-state index contributed by atoms with van der Waals surface area (Å²) in [6, 6.07) is 8.25. The lowest BCUT2D eigenvalue weighted by Crippen LogP contribution is -2.20. The van der Waals surface area contributed by atoms with Crippen molar-refractivity contribution in [1.29, 1.82) is 0 Å². The first-order chi connectivity index (χ1) is 25.6. The first kappa shape index (κ1) is 47.5. The standard InChI is InChI=1S/C37H62O15/c1-2-3-4-8-11-35(38)51-32-30-49-28-26-47-24-22-45-20-18-43-16-14-41-12-13-42-15-17-44-19-21-46-23-25-48-27-29-50-31-33-52-37(40)36(39)34-9-6-5-7-10-34/h5-7,9-10H,2-4,8,11-33H2,1H3. The number of unbranched alkanes of at least 4 members (excludes halogenated alkanes) is 3. The first-order valence-corrected chi connectivity index (χ1v) is 18.3. The molecule has 0 bridgehead atoms. The maximum atomic E-state index is 11.9. The molecule has 0 aromatic heterocycles. The molecule has 0 atom stereocenters. The largest absolute Gasteiger partial charge is 0.463 e. The van der Waals surface area contributed by atoms with Gasteiger partial charge < -0.3 is 56.8 Å². The molecule has 1 aromatic carbocycles. The highest BCUT2D eigenvalue weighted by atomic mass is 16.6. The second kappa shape index (κ2) is 38.2. The molecule has 0 fully saturated rings. The molecule has 1 aromatic rings. The van der Waals surface area contributed by atoms with Gasteiger partial charge in [-0.25, -0.2) is 4.79 Å². The van der Waals surface area contributed by atoms with Crippen molar-refractivity contribution < 1.29 is 71.2 Å². The number of carbonyl (C=O) groups excluding carboxylic acids is 3. The van der Waals surface area contributed by atoms with E-state index in [1.807, 2.05) is 0 Å². The van der Waals surface area contributed by atoms with E-state index in [0.717, 1.165) is 25.7 Å². The van der Waals surface area contributed by atoms with E-state index < -0.39 is 11.8 Å². The van der Waals surface area contributed by atoms with Crippen LogP contribution < -0.4 is 0 Å². The summed E-state index contributed by atoms with van der Waals surface area (Å²) < 4.78 is 64.4. The van der Waals surface area contributed by atoms with Crippen LogP contribution in [-0.2, 0) is 66.4 Å². The zero-order chi connectivity index (χ0) is 37.4. The summed E-state index contributed by atoms with van der Waals surface area (Å²) in [5.74, 6) is -1.74. The lowest BCUT2D eigenvalue weighted by atomic mass is 10.1. The van der Waals surface area contributed by atoms with E-state index in [9.17, 15) is 14.4 Å². The molecular weight excluding hydrogens is 684 g/mol. The highest BCUT2D eigenvalue weighted by Crippen LogP contribution is 2.03. The number of esters is 2. The van der Waals surface area contributed by atoms with Crippen molar-refractivity contribution in [1.82, 2.24) is 0 Å². The molecule has 0 aliphatic heterocycles. The van der Waals surface area contributed by atoms with Crippen molar-refractivity contribution in [2.24, 2.45) is 0 Å². The van der Waals surface area contributed by atoms with Gasteiger partial charge in [0.25, 0.3) is 5.78 Å². The van der Waals surface area contributed by atoms with Gasteiger partial charge >= 0.3 is 11.9 Å². The van der Waals surface area contributed by atoms with Crippen LogP contribution in [0.2, 0.25) is 0 Å². The van der Waals surface area contributed by atoms with Crippen molar-refractivity contribution in [3.63, 3.8) is 0 Å². The average Bonchev–Trinajstić information content (AvgIpc) is 3.16. The minimum absolute atomic E-state index is 0.00653. The molecule has 0 heterocycles. The first-order valence-electron chi connectivity index (χ1n) is 18.3. The molecule has 300 valence electrons. The van der Waals surface area contributed by atoms with Crippen molar-refractivity contribution >= 4 is 17.7 Å². The fraction of sp³-hybridized carbons (Fsp3) is 0.757. The zero-order valence-electron chi connectivity index (χ0n) is 31.1. The molecule has 15 heteroatoms. The Balaban J connectivity index is 1.66. The van der Waals surface area contributed by atoms with Crippen LogP contribution in [0.15, 0.2) is 30.3 Å². The SMILES string of the molecule is CCCCCCC(=O)OCCOCCOCCOCCOCCOCCOCCOCCOCCOCCOCCOC(=O)C(=O)c1ccccc1. The topological polar surface area (TPSA) is 162 Å². The molecule has 0 amide bonds. The Morgan fingerprint density at radius 2 is 0.731 bits per heavy atom. The number of rotatable bonds is 40. The van der Waals surface area contributed by atoms with Gasteiger partial charge in [-0.3, -0.25) is 9.59 Å². The molecule has 0 N–H and O–H groups in total. The number of benzene rings is 1. The van der Waals surface area contributed by atoms with Gasteiger partial charge in [0.05, 0.1) is 132 Å². The summed E-state index contributed by atoms with van der Waals surface area (Å²) >= 11 is 0. The number of ketones is 1. The zero-order valence-corrected chi connectivity index (χ0v) is 31.1. The summed E-state index contributed by atoms with van der Waals surface area (Å²) in [7, 11) is 0. The van der Waals surface area contributed by atoms with Crippen molar-refractivity contribution in [3.05, 3.63) is 35.9 Å². The van der Waals surface area contributed by atoms with E-state index in [4.69, 9.17) is 56.8 Å². The fourth-order valence-electron chi connectivity index (χ4n) is 4.03. The number of hydrogen-bond donors (Lipinski definition) is 0. The lowest BCUT2D eigenvalue weighted by Gasteiger charge is -2.09. The van der Waals surface area contributed by atoms with Crippen molar-refractivity contribution in [2.45, 2.75) is 39.0 Å². The van der Waals surface area contributed by atoms with Crippen LogP contribution in [0.5, 0.6) is 0 Å². The molecule has 0 radical (unpaired) electrons. The molecule has 15 nitrogen and oxygen atoms in total. The van der Waals surface area contributed by atoms with Gasteiger partial charge in [-0.2, -0.15) is 0 Å². The summed E-state index contributed by atoms with van der Waals surface area (Å²) in [6.07, 6.45) is 4.72. The fourth-order valence-corrected chi connectivity index (χ4v) is 4.03. The van der Waals surface area contributed by atoms with Crippen molar-refractivity contribution in [2.75, 3.05) is 145 Å². The van der Waals surface area contributed by atoms with Gasteiger partial charge in [0.1, 0.15) is 13.2 Å². The summed E-state index contributed by atoms with van der Waals surface area (Å²) in [6.45, 7) is 11.1. The summed E-state index contributed by atoms with van der Waals surface area (Å²) in [5, 5.41) is 0. The minimum Gasteiger partial charge on any atom is -0.463 e. The predicted molar refractivity (Wildman–Crippen MR) is 190 cm³/mol. The Kier molecular flexibility index (Phi) is 34.8. The molecule has 0 unspecified atom stereocenters. The van der Waals surface area contributed by atoms with Gasteiger partial charge in [0.15, 0.2) is 0 Å². The Labute approximate surface area is 309 Å². The Morgan fingerprint density at radius 3 is 1.08 bits per heavy atom. The Hall–Kier alpha value is -2.57. The Bertz CT molecular complexity index is 950. The second-order valence-corrected chi connectivity index (χ2v) is 11.0. The molecule has 0 aliphatic rings. The van der Waals surface area contributed by atoms with E-state index >= 15 is 0 Å². The van der Waals surface area contributed by atoms with Gasteiger partial charge in [0.2, 0.25) is 0 Å². The molecule has 52 heavy (non-hydrogen) atoms. The monoisotopic (exact) mass is 746 g/mol. The molecule has 0 spiro atoms. The summed E-state index contributed by atoms with van der Waals surface area (Å²) in [4.78, 5) is 35.2. The molecular formula is C37H62O15. The highest BCUT2D eigenvalue weighted by molar-refractivity contribution is 6.40. The lowest BCUT2D eigenvalue weighted by molar-refractivity contribution is -0.145. The van der Waals surface area contributed by atoms with Crippen molar-refractivity contribution in [3.8, 4) is 0 Å². The van der Waals surface area contributed by atoms with E-state index in [-0.39, 0.29) is 25.8 Å². The van der Waals surface area contributed by atoms with Crippen LogP contribution >= 0.6 is 0 Å². The molecule has 0 saturated carbocycles. The predicted octanol–water partition coefficient (Wildman–Crippen LogP) is 3.09. The van der Waals surface area contributed by atoms with Crippen LogP contribution in [0.25, 0.3) is 0 Å². The smallest absolute Gasteiger partial charge is 0.379 e. The third kappa shape index (κ3) is 32.1. The minimum atomic E-state index is -0.900. The van der Waals surface area contributed by atoms with Crippen LogP contribution in [0.4, 0.5) is 0 Å². The number of Topliss-reactive ketones (excluding diaryl/α,β-unsaturated/α-hetero) is 1. The van der Waals surface area contributed by atoms with E-state index in [1.54, 1.807) is 30.3 Å². The van der Waals surface area contributed by atoms with E-state index in [0.29, 0.717) is 138 Å². The summed E-state index contributed by atoms with van der Waals surface area (Å²) in [5.41, 5.74) is 0.293. The number of hydrogen-bond acceptors (Lipinski definition) is 15. The van der Waals surface area contributed by atoms with Gasteiger partial charge in [-0.15, -0.1) is 0 Å². The molecule has 1 rings (SSSR count). The molecule has 0 saturated heterocycles. The highest BCUT2D eigenvalue weighted by Gasteiger charge is 2.17. The van der Waals surface area contributed by atoms with E-state index in [1.165, 1.54) is 0 Å². The third-order valence-corrected chi connectivity index (χ3v) is 6.76. The maximum Gasteiger partial charge on any atom is 0.379 e. The van der Waals surface area contributed by atoms with Crippen LogP contribution in [-0.4, -0.2) is 163 Å². The quantitative estimate of drug-likeness (QED) is 0.0417. The van der Waals surface area contributed by atoms with Gasteiger partial charge in [-0.05, 0) is 6.42 Å². The molecule has 0 aliphatic carbocycles. The van der Waals surface area contributed by atoms with E-state index in [2.05, 4.69) is 6.92 Å². The maximum absolute atomic E-state index is 11.9. The second-order valence-electron chi connectivity index (χ2n) is 11.0. The third-order valence-electron chi connectivity index (χ3n) is 6.76. The Morgan fingerprint density at radius 1 is 0.404 bits per heavy atom. The number of ether oxygens (including phenoxy) is 12. The average molecular weight is 747 g/mol. The van der Waals surface area contributed by atoms with Crippen LogP contribution in [0, 0.1) is 0 Å². The number of carbonyl (C=O) groups is 3. The normalized spacial score (nSPS) is 11.2. The van der Waals surface area contributed by atoms with Crippen LogP contribution in [0.1, 0.15) is 49.4 Å². The van der Waals surface area contributed by atoms with Gasteiger partial charge in [-0.1, -0.05) is 56.5 Å². The van der Waals surface area contributed by atoms with Crippen LogP contribution in [0.3, 0.4) is 0 Å². The van der Waals surface area contributed by atoms with Gasteiger partial charge in [0, 0.05) is 12.0 Å².